The summed E-state index contributed by atoms with van der Waals surface area (Å²) in [6.07, 6.45) is 2.98. The number of hydrogen-bond acceptors (Lipinski definition) is 4. The molecule has 0 bridgehead atoms. The van der Waals surface area contributed by atoms with Crippen molar-refractivity contribution >= 4 is 11.8 Å². The molecule has 1 aliphatic rings. The molecule has 2 amide bonds. The fourth-order valence-corrected chi connectivity index (χ4v) is 3.87. The van der Waals surface area contributed by atoms with Crippen molar-refractivity contribution < 1.29 is 23.5 Å². The van der Waals surface area contributed by atoms with Crippen LogP contribution in [0.5, 0.6) is 11.5 Å². The van der Waals surface area contributed by atoms with Crippen LogP contribution in [-0.4, -0.2) is 44.0 Å². The van der Waals surface area contributed by atoms with E-state index in [1.807, 2.05) is 24.3 Å². The number of carbonyl (C=O) groups is 2. The van der Waals surface area contributed by atoms with Crippen LogP contribution in [-0.2, 0) is 11.3 Å². The van der Waals surface area contributed by atoms with Crippen LogP contribution >= 0.6 is 0 Å². The topological polar surface area (TPSA) is 67.9 Å². The second-order valence-corrected chi connectivity index (χ2v) is 7.78. The van der Waals surface area contributed by atoms with Crippen LogP contribution < -0.4 is 14.8 Å². The van der Waals surface area contributed by atoms with Crippen LogP contribution in [0.2, 0.25) is 0 Å². The van der Waals surface area contributed by atoms with Crippen molar-refractivity contribution in [3.05, 3.63) is 59.4 Å². The molecule has 1 fully saturated rings. The van der Waals surface area contributed by atoms with Crippen LogP contribution in [0.25, 0.3) is 0 Å². The first-order chi connectivity index (χ1) is 15.0. The Kier molecular flexibility index (Phi) is 7.87. The molecule has 0 radical (unpaired) electrons. The van der Waals surface area contributed by atoms with Gasteiger partial charge in [-0.2, -0.15) is 0 Å². The van der Waals surface area contributed by atoms with E-state index in [1.54, 1.807) is 18.1 Å². The first kappa shape index (κ1) is 22.6. The minimum atomic E-state index is -0.547. The maximum Gasteiger partial charge on any atom is 0.253 e. The highest BCUT2D eigenvalue weighted by Gasteiger charge is 2.25. The maximum atomic E-state index is 14.0. The molecule has 1 saturated heterocycles. The van der Waals surface area contributed by atoms with Crippen LogP contribution in [0, 0.1) is 11.7 Å². The van der Waals surface area contributed by atoms with Crippen molar-refractivity contribution in [3.8, 4) is 11.5 Å². The predicted octanol–water partition coefficient (Wildman–Crippen LogP) is 3.79. The van der Waals surface area contributed by atoms with Gasteiger partial charge in [-0.15, -0.1) is 0 Å². The number of ether oxygens (including phenoxy) is 2. The van der Waals surface area contributed by atoms with Gasteiger partial charge in [-0.05, 0) is 61.1 Å². The third kappa shape index (κ3) is 6.20. The lowest BCUT2D eigenvalue weighted by Gasteiger charge is -2.33. The van der Waals surface area contributed by atoms with Gasteiger partial charge in [0.1, 0.15) is 5.75 Å². The minimum Gasteiger partial charge on any atom is -0.497 e. The average molecular weight is 429 g/mol. The summed E-state index contributed by atoms with van der Waals surface area (Å²) in [6.45, 7) is 1.68. The highest BCUT2D eigenvalue weighted by atomic mass is 19.1. The third-order valence-corrected chi connectivity index (χ3v) is 5.61. The first-order valence-corrected chi connectivity index (χ1v) is 10.5. The van der Waals surface area contributed by atoms with E-state index in [-0.39, 0.29) is 23.5 Å². The number of rotatable bonds is 8. The number of nitrogens with one attached hydrogen (secondary N) is 1. The molecule has 0 saturated carbocycles. The number of halogens is 1. The van der Waals surface area contributed by atoms with Crippen molar-refractivity contribution in [2.45, 2.75) is 32.2 Å². The van der Waals surface area contributed by atoms with Gasteiger partial charge >= 0.3 is 0 Å². The van der Waals surface area contributed by atoms with E-state index < -0.39 is 5.82 Å². The van der Waals surface area contributed by atoms with Gasteiger partial charge in [0, 0.05) is 31.6 Å². The van der Waals surface area contributed by atoms with Crippen molar-refractivity contribution in [2.75, 3.05) is 27.3 Å². The second kappa shape index (κ2) is 10.8. The Balaban J connectivity index is 1.47. The summed E-state index contributed by atoms with van der Waals surface area (Å²) >= 11 is 0. The summed E-state index contributed by atoms with van der Waals surface area (Å²) in [7, 11) is 3.00. The average Bonchev–Trinajstić information content (AvgIpc) is 2.81. The van der Waals surface area contributed by atoms with Crippen LogP contribution in [0.15, 0.2) is 42.5 Å². The van der Waals surface area contributed by atoms with Crippen molar-refractivity contribution in [1.29, 1.82) is 0 Å². The lowest BCUT2D eigenvalue weighted by Crippen LogP contribution is -2.40. The number of amides is 2. The predicted molar refractivity (Wildman–Crippen MR) is 116 cm³/mol. The maximum absolute atomic E-state index is 14.0. The lowest BCUT2D eigenvalue weighted by atomic mass is 9.92. The zero-order valence-electron chi connectivity index (χ0n) is 18.0. The SMILES string of the molecule is COc1cccc(CNC(=O)CC[C@H]2CCCN(C(=O)c3ccc(OC)c(F)c3)C2)c1. The van der Waals surface area contributed by atoms with Gasteiger partial charge in [0.05, 0.1) is 14.2 Å². The first-order valence-electron chi connectivity index (χ1n) is 10.5. The van der Waals surface area contributed by atoms with Crippen molar-refractivity contribution in [3.63, 3.8) is 0 Å². The van der Waals surface area contributed by atoms with Gasteiger partial charge < -0.3 is 19.7 Å². The van der Waals surface area contributed by atoms with E-state index in [0.717, 1.165) is 24.2 Å². The van der Waals surface area contributed by atoms with Crippen molar-refractivity contribution in [1.82, 2.24) is 10.2 Å². The Morgan fingerprint density at radius 2 is 2.00 bits per heavy atom. The van der Waals surface area contributed by atoms with Gasteiger partial charge in [-0.1, -0.05) is 12.1 Å². The molecule has 3 rings (SSSR count). The Labute approximate surface area is 182 Å². The second-order valence-electron chi connectivity index (χ2n) is 7.78. The quantitative estimate of drug-likeness (QED) is 0.695. The molecule has 6 nitrogen and oxygen atoms in total. The van der Waals surface area contributed by atoms with E-state index in [2.05, 4.69) is 5.32 Å². The fraction of sp³-hybridized carbons (Fsp3) is 0.417. The highest BCUT2D eigenvalue weighted by Crippen LogP contribution is 2.24. The fourth-order valence-electron chi connectivity index (χ4n) is 3.87. The Hall–Kier alpha value is -3.09. The van der Waals surface area contributed by atoms with Gasteiger partial charge in [0.25, 0.3) is 5.91 Å². The molecule has 1 heterocycles. The van der Waals surface area contributed by atoms with Gasteiger partial charge in [-0.25, -0.2) is 4.39 Å². The number of likely N-dealkylation sites (tertiary alicyclic amines) is 1. The number of benzene rings is 2. The van der Waals surface area contributed by atoms with E-state index >= 15 is 0 Å². The summed E-state index contributed by atoms with van der Waals surface area (Å²) in [5, 5.41) is 2.94. The molecule has 1 aliphatic heterocycles. The standard InChI is InChI=1S/C24H29FN2O4/c1-30-20-7-3-5-18(13-20)15-26-23(28)11-8-17-6-4-12-27(16-17)24(29)19-9-10-22(31-2)21(25)14-19/h3,5,7,9-10,13-14,17H,4,6,8,11-12,15-16H2,1-2H3,(H,26,28)/t17-/m1/s1. The van der Waals surface area contributed by atoms with Gasteiger partial charge in [0.2, 0.25) is 5.91 Å². The Morgan fingerprint density at radius 1 is 1.16 bits per heavy atom. The molecular weight excluding hydrogens is 399 g/mol. The highest BCUT2D eigenvalue weighted by molar-refractivity contribution is 5.94. The summed E-state index contributed by atoms with van der Waals surface area (Å²) in [4.78, 5) is 26.8. The lowest BCUT2D eigenvalue weighted by molar-refractivity contribution is -0.121. The number of carbonyl (C=O) groups excluding carboxylic acids is 2. The normalized spacial score (nSPS) is 16.0. The largest absolute Gasteiger partial charge is 0.497 e. The van der Waals surface area contributed by atoms with E-state index in [9.17, 15) is 14.0 Å². The van der Waals surface area contributed by atoms with Gasteiger partial charge in [-0.3, -0.25) is 9.59 Å². The molecule has 0 unspecified atom stereocenters. The molecule has 166 valence electrons. The molecule has 1 N–H and O–H groups in total. The molecule has 2 aromatic rings. The molecule has 7 heteroatoms. The number of nitrogens with zero attached hydrogens (tertiary/aromatic N) is 1. The molecule has 0 spiro atoms. The molecular formula is C24H29FN2O4. The Bertz CT molecular complexity index is 918. The summed E-state index contributed by atoms with van der Waals surface area (Å²) in [5.41, 5.74) is 1.30. The summed E-state index contributed by atoms with van der Waals surface area (Å²) in [6, 6.07) is 11.9. The summed E-state index contributed by atoms with van der Waals surface area (Å²) < 4.78 is 24.1. The molecule has 1 atom stereocenters. The molecule has 31 heavy (non-hydrogen) atoms. The third-order valence-electron chi connectivity index (χ3n) is 5.61. The van der Waals surface area contributed by atoms with E-state index in [0.29, 0.717) is 38.0 Å². The van der Waals surface area contributed by atoms with E-state index in [4.69, 9.17) is 9.47 Å². The summed E-state index contributed by atoms with van der Waals surface area (Å²) in [5.74, 6) is 0.388. The molecule has 0 aromatic heterocycles. The smallest absolute Gasteiger partial charge is 0.253 e. The zero-order valence-corrected chi connectivity index (χ0v) is 18.0. The monoisotopic (exact) mass is 428 g/mol. The Morgan fingerprint density at radius 3 is 2.74 bits per heavy atom. The zero-order chi connectivity index (χ0) is 22.2. The van der Waals surface area contributed by atoms with Crippen LogP contribution in [0.1, 0.15) is 41.6 Å². The van der Waals surface area contributed by atoms with Gasteiger partial charge in [0.15, 0.2) is 11.6 Å². The number of hydrogen-bond donors (Lipinski definition) is 1. The molecule has 2 aromatic carbocycles. The van der Waals surface area contributed by atoms with Crippen molar-refractivity contribution in [2.24, 2.45) is 5.92 Å². The molecule has 0 aliphatic carbocycles. The van der Waals surface area contributed by atoms with E-state index in [1.165, 1.54) is 19.2 Å². The van der Waals surface area contributed by atoms with Crippen LogP contribution in [0.3, 0.4) is 0 Å². The number of methoxy groups -OCH3 is 2. The van der Waals surface area contributed by atoms with Crippen LogP contribution in [0.4, 0.5) is 4.39 Å². The number of piperidine rings is 1. The minimum absolute atomic E-state index is 0.0107.